The summed E-state index contributed by atoms with van der Waals surface area (Å²) in [5, 5.41) is 6.28. The van der Waals surface area contributed by atoms with Crippen LogP contribution in [0.3, 0.4) is 0 Å². The largest absolute Gasteiger partial charge is 0.381 e. The molecule has 5 atom stereocenters. The number of likely N-dealkylation sites (tertiary alicyclic amines) is 1. The number of amides is 3. The van der Waals surface area contributed by atoms with Crippen molar-refractivity contribution in [3.63, 3.8) is 0 Å². The van der Waals surface area contributed by atoms with Crippen LogP contribution in [0.1, 0.15) is 57.8 Å². The summed E-state index contributed by atoms with van der Waals surface area (Å²) in [7, 11) is 0. The molecule has 2 N–H and O–H groups in total. The molecule has 5 unspecified atom stereocenters. The Labute approximate surface area is 173 Å². The number of nitrogens with zero attached hydrogens (tertiary/aromatic N) is 1. The lowest BCUT2D eigenvalue weighted by Gasteiger charge is -2.51. The van der Waals surface area contributed by atoms with Gasteiger partial charge in [0, 0.05) is 44.2 Å². The van der Waals surface area contributed by atoms with Crippen LogP contribution in [0, 0.1) is 23.7 Å². The van der Waals surface area contributed by atoms with E-state index >= 15 is 0 Å². The van der Waals surface area contributed by atoms with Gasteiger partial charge in [0.25, 0.3) is 0 Å². The zero-order valence-electron chi connectivity index (χ0n) is 17.3. The Balaban J connectivity index is 1.08. The Morgan fingerprint density at radius 3 is 2.45 bits per heavy atom. The number of fused-ring (bicyclic) bond motifs is 2. The Morgan fingerprint density at radius 1 is 0.862 bits per heavy atom. The average molecular weight is 406 g/mol. The van der Waals surface area contributed by atoms with Crippen LogP contribution in [0.25, 0.3) is 0 Å². The molecular formula is C22H35N3O4. The molecule has 3 saturated heterocycles. The minimum Gasteiger partial charge on any atom is -0.381 e. The van der Waals surface area contributed by atoms with Crippen molar-refractivity contribution in [1.82, 2.24) is 15.5 Å². The van der Waals surface area contributed by atoms with Crippen molar-refractivity contribution in [2.45, 2.75) is 76.2 Å². The van der Waals surface area contributed by atoms with Gasteiger partial charge in [0.2, 0.25) is 5.91 Å². The van der Waals surface area contributed by atoms with Crippen molar-refractivity contribution < 1.29 is 19.1 Å². The molecule has 0 aromatic heterocycles. The fourth-order valence-corrected chi connectivity index (χ4v) is 6.44. The van der Waals surface area contributed by atoms with E-state index in [2.05, 4.69) is 10.6 Å². The Kier molecular flexibility index (Phi) is 5.69. The third kappa shape index (κ3) is 4.26. The first kappa shape index (κ1) is 19.6. The summed E-state index contributed by atoms with van der Waals surface area (Å²) in [4.78, 5) is 27.3. The van der Waals surface area contributed by atoms with Gasteiger partial charge in [-0.3, -0.25) is 4.79 Å². The second-order valence-electron chi connectivity index (χ2n) is 9.86. The van der Waals surface area contributed by atoms with E-state index in [9.17, 15) is 9.59 Å². The number of rotatable bonds is 3. The van der Waals surface area contributed by atoms with Crippen LogP contribution in [0.15, 0.2) is 0 Å². The van der Waals surface area contributed by atoms with E-state index in [0.29, 0.717) is 25.2 Å². The summed E-state index contributed by atoms with van der Waals surface area (Å²) in [6, 6.07) is 0.0267. The van der Waals surface area contributed by atoms with Gasteiger partial charge in [-0.05, 0) is 69.6 Å². The maximum absolute atomic E-state index is 12.7. The molecule has 3 amide bonds. The molecule has 0 radical (unpaired) electrons. The summed E-state index contributed by atoms with van der Waals surface area (Å²) in [6.07, 6.45) is 9.67. The van der Waals surface area contributed by atoms with Crippen molar-refractivity contribution in [2.75, 3.05) is 26.3 Å². The van der Waals surface area contributed by atoms with Gasteiger partial charge in [-0.15, -0.1) is 0 Å². The molecule has 3 bridgehead atoms. The van der Waals surface area contributed by atoms with Crippen molar-refractivity contribution >= 4 is 11.9 Å². The molecule has 29 heavy (non-hydrogen) atoms. The van der Waals surface area contributed by atoms with Gasteiger partial charge in [0.1, 0.15) is 6.23 Å². The lowest BCUT2D eigenvalue weighted by Crippen LogP contribution is -2.58. The third-order valence-electron chi connectivity index (χ3n) is 8.03. The van der Waals surface area contributed by atoms with Crippen LogP contribution >= 0.6 is 0 Å². The molecule has 2 saturated carbocycles. The van der Waals surface area contributed by atoms with E-state index in [1.807, 2.05) is 4.90 Å². The number of hydrogen-bond donors (Lipinski definition) is 2. The highest BCUT2D eigenvalue weighted by Crippen LogP contribution is 2.49. The lowest BCUT2D eigenvalue weighted by molar-refractivity contribution is -0.167. The van der Waals surface area contributed by atoms with Crippen LogP contribution < -0.4 is 10.6 Å². The minimum absolute atomic E-state index is 0.105. The second kappa shape index (κ2) is 8.42. The first-order valence-corrected chi connectivity index (χ1v) is 11.7. The highest BCUT2D eigenvalue weighted by Gasteiger charge is 2.47. The van der Waals surface area contributed by atoms with Gasteiger partial charge >= 0.3 is 6.03 Å². The summed E-state index contributed by atoms with van der Waals surface area (Å²) in [6.45, 7) is 2.85. The number of carbonyl (C=O) groups excluding carboxylic acids is 2. The summed E-state index contributed by atoms with van der Waals surface area (Å²) < 4.78 is 11.6. The molecular weight excluding hydrogens is 370 g/mol. The maximum Gasteiger partial charge on any atom is 0.317 e. The number of piperidine rings is 1. The van der Waals surface area contributed by atoms with E-state index in [1.165, 1.54) is 32.1 Å². The first-order valence-electron chi connectivity index (χ1n) is 11.7. The Hall–Kier alpha value is -1.34. The summed E-state index contributed by atoms with van der Waals surface area (Å²) >= 11 is 0. The normalized spacial score (nSPS) is 37.9. The van der Waals surface area contributed by atoms with Gasteiger partial charge in [-0.25, -0.2) is 4.79 Å². The molecule has 0 aromatic rings. The second-order valence-corrected chi connectivity index (χ2v) is 9.86. The van der Waals surface area contributed by atoms with Gasteiger partial charge in [-0.2, -0.15) is 0 Å². The molecule has 3 heterocycles. The number of ether oxygens (including phenoxy) is 2. The minimum atomic E-state index is -0.129. The molecule has 7 nitrogen and oxygen atoms in total. The Morgan fingerprint density at radius 2 is 1.66 bits per heavy atom. The van der Waals surface area contributed by atoms with Crippen molar-refractivity contribution in [3.8, 4) is 0 Å². The predicted molar refractivity (Wildman–Crippen MR) is 107 cm³/mol. The standard InChI is InChI=1S/C22H35N3O4/c26-21(15-5-9-28-10-6-15)25-7-3-17(4-8-25)23-22(27)24-20-19-2-1-14-11-16(19)13-18(12-14)29-20/h14-20H,1-13H2,(H2,23,24,27). The highest BCUT2D eigenvalue weighted by molar-refractivity contribution is 5.79. The SMILES string of the molecule is O=C(NC1CCN(C(=O)C2CCOCC2)CC1)NC1OC2CC3CCC1C(C3)C2. The van der Waals surface area contributed by atoms with Crippen LogP contribution in [-0.4, -0.2) is 61.5 Å². The fraction of sp³-hybridized carbons (Fsp3) is 0.909. The summed E-state index contributed by atoms with van der Waals surface area (Å²) in [5.74, 6) is 2.45. The number of hydrogen-bond acceptors (Lipinski definition) is 4. The molecule has 5 rings (SSSR count). The zero-order chi connectivity index (χ0) is 19.8. The predicted octanol–water partition coefficient (Wildman–Crippen LogP) is 2.25. The van der Waals surface area contributed by atoms with Gasteiger partial charge in [0.15, 0.2) is 0 Å². The molecule has 162 valence electrons. The molecule has 3 aliphatic heterocycles. The molecule has 5 aliphatic rings. The van der Waals surface area contributed by atoms with Gasteiger partial charge in [-0.1, -0.05) is 0 Å². The van der Waals surface area contributed by atoms with Crippen LogP contribution in [0.5, 0.6) is 0 Å². The van der Waals surface area contributed by atoms with Crippen molar-refractivity contribution in [2.24, 2.45) is 23.7 Å². The monoisotopic (exact) mass is 405 g/mol. The van der Waals surface area contributed by atoms with Crippen molar-refractivity contribution in [1.29, 1.82) is 0 Å². The van der Waals surface area contributed by atoms with Gasteiger partial charge in [0.05, 0.1) is 6.10 Å². The highest BCUT2D eigenvalue weighted by atomic mass is 16.5. The molecule has 7 heteroatoms. The quantitative estimate of drug-likeness (QED) is 0.755. The van der Waals surface area contributed by atoms with Crippen LogP contribution in [0.4, 0.5) is 4.79 Å². The average Bonchev–Trinajstić information content (AvgIpc) is 2.73. The topological polar surface area (TPSA) is 79.9 Å². The zero-order valence-corrected chi connectivity index (χ0v) is 17.3. The third-order valence-corrected chi connectivity index (χ3v) is 8.03. The van der Waals surface area contributed by atoms with Crippen molar-refractivity contribution in [3.05, 3.63) is 0 Å². The first-order chi connectivity index (χ1) is 14.2. The van der Waals surface area contributed by atoms with Gasteiger partial charge < -0.3 is 25.0 Å². The maximum atomic E-state index is 12.7. The van der Waals surface area contributed by atoms with E-state index in [0.717, 1.165) is 50.6 Å². The molecule has 0 spiro atoms. The summed E-state index contributed by atoms with van der Waals surface area (Å²) in [5.41, 5.74) is 0. The smallest absolute Gasteiger partial charge is 0.317 e. The molecule has 0 aromatic carbocycles. The number of carbonyl (C=O) groups is 2. The fourth-order valence-electron chi connectivity index (χ4n) is 6.44. The van der Waals surface area contributed by atoms with E-state index < -0.39 is 0 Å². The van der Waals surface area contributed by atoms with E-state index in [4.69, 9.17) is 9.47 Å². The number of nitrogens with one attached hydrogen (secondary N) is 2. The lowest BCUT2D eigenvalue weighted by atomic mass is 9.64. The molecule has 2 aliphatic carbocycles. The van der Waals surface area contributed by atoms with E-state index in [-0.39, 0.29) is 30.1 Å². The number of urea groups is 1. The Bertz CT molecular complexity index is 609. The molecule has 5 fully saturated rings. The van der Waals surface area contributed by atoms with Crippen LogP contribution in [0.2, 0.25) is 0 Å². The van der Waals surface area contributed by atoms with Crippen LogP contribution in [-0.2, 0) is 14.3 Å². The van der Waals surface area contributed by atoms with E-state index in [1.54, 1.807) is 0 Å².